The minimum atomic E-state index is -1.00. The highest BCUT2D eigenvalue weighted by molar-refractivity contribution is 6.52. The lowest BCUT2D eigenvalue weighted by Crippen LogP contribution is -2.29. The van der Waals surface area contributed by atoms with E-state index in [4.69, 9.17) is 25.5 Å². The molecule has 1 fully saturated rings. The van der Waals surface area contributed by atoms with Gasteiger partial charge in [-0.2, -0.15) is 0 Å². The Labute approximate surface area is 195 Å². The van der Waals surface area contributed by atoms with Crippen LogP contribution in [0.15, 0.2) is 64.6 Å². The zero-order valence-corrected chi connectivity index (χ0v) is 19.1. The first-order valence-corrected chi connectivity index (χ1v) is 10.7. The van der Waals surface area contributed by atoms with E-state index >= 15 is 0 Å². The molecule has 1 amide bonds. The van der Waals surface area contributed by atoms with Crippen molar-refractivity contribution in [3.8, 4) is 11.5 Å². The molecule has 0 spiro atoms. The number of benzene rings is 2. The summed E-state index contributed by atoms with van der Waals surface area (Å²) in [6, 6.07) is 13.9. The Kier molecular flexibility index (Phi) is 6.16. The van der Waals surface area contributed by atoms with Crippen LogP contribution in [-0.4, -0.2) is 30.5 Å². The fourth-order valence-electron chi connectivity index (χ4n) is 3.82. The number of ketones is 1. The van der Waals surface area contributed by atoms with Crippen molar-refractivity contribution in [1.29, 1.82) is 0 Å². The number of amides is 1. The number of carbonyl (C=O) groups excluding carboxylic acids is 2. The molecule has 1 unspecified atom stereocenters. The van der Waals surface area contributed by atoms with Gasteiger partial charge in [0.25, 0.3) is 11.7 Å². The topological polar surface area (TPSA) is 89.2 Å². The number of hydrogen-bond acceptors (Lipinski definition) is 6. The van der Waals surface area contributed by atoms with Gasteiger partial charge in [-0.15, -0.1) is 0 Å². The lowest BCUT2D eigenvalue weighted by molar-refractivity contribution is -0.132. The maximum atomic E-state index is 13.2. The summed E-state index contributed by atoms with van der Waals surface area (Å²) in [5.74, 6) is -0.172. The maximum Gasteiger partial charge on any atom is 0.300 e. The molecule has 0 saturated carbocycles. The van der Waals surface area contributed by atoms with Crippen LogP contribution in [0.4, 0.5) is 5.69 Å². The summed E-state index contributed by atoms with van der Waals surface area (Å²) < 4.78 is 16.6. The SMILES string of the molecule is CCOc1cccc(N2C(=O)C(=O)/C(=C(\O)c3cc(OC)ccc3Cl)C2c2ccc(C)o2)c1. The van der Waals surface area contributed by atoms with E-state index in [1.807, 2.05) is 6.92 Å². The molecule has 1 aliphatic rings. The monoisotopic (exact) mass is 467 g/mol. The Morgan fingerprint density at radius 2 is 1.91 bits per heavy atom. The summed E-state index contributed by atoms with van der Waals surface area (Å²) >= 11 is 6.32. The fourth-order valence-corrected chi connectivity index (χ4v) is 4.02. The van der Waals surface area contributed by atoms with Gasteiger partial charge in [0, 0.05) is 17.3 Å². The van der Waals surface area contributed by atoms with E-state index in [2.05, 4.69) is 0 Å². The number of aliphatic hydroxyl groups excluding tert-OH is 1. The molecule has 4 rings (SSSR count). The number of halogens is 1. The summed E-state index contributed by atoms with van der Waals surface area (Å²) in [6.45, 7) is 4.05. The Balaban J connectivity index is 1.94. The Hall–Kier alpha value is -3.71. The van der Waals surface area contributed by atoms with Crippen LogP contribution < -0.4 is 14.4 Å². The van der Waals surface area contributed by atoms with Crippen molar-refractivity contribution in [2.24, 2.45) is 0 Å². The summed E-state index contributed by atoms with van der Waals surface area (Å²) in [5.41, 5.74) is 0.467. The summed E-state index contributed by atoms with van der Waals surface area (Å²) in [6.07, 6.45) is 0. The van der Waals surface area contributed by atoms with Gasteiger partial charge >= 0.3 is 0 Å². The van der Waals surface area contributed by atoms with Crippen molar-refractivity contribution in [1.82, 2.24) is 0 Å². The Morgan fingerprint density at radius 3 is 2.58 bits per heavy atom. The van der Waals surface area contributed by atoms with Gasteiger partial charge in [0.15, 0.2) is 0 Å². The predicted molar refractivity (Wildman–Crippen MR) is 124 cm³/mol. The summed E-state index contributed by atoms with van der Waals surface area (Å²) in [4.78, 5) is 27.7. The third-order valence-corrected chi connectivity index (χ3v) is 5.64. The van der Waals surface area contributed by atoms with E-state index in [0.717, 1.165) is 0 Å². The van der Waals surface area contributed by atoms with Crippen LogP contribution >= 0.6 is 11.6 Å². The van der Waals surface area contributed by atoms with Gasteiger partial charge < -0.3 is 19.0 Å². The lowest BCUT2D eigenvalue weighted by atomic mass is 9.99. The number of ether oxygens (including phenoxy) is 2. The van der Waals surface area contributed by atoms with Gasteiger partial charge in [-0.25, -0.2) is 0 Å². The lowest BCUT2D eigenvalue weighted by Gasteiger charge is -2.24. The van der Waals surface area contributed by atoms with Gasteiger partial charge in [0.2, 0.25) is 0 Å². The first kappa shape index (κ1) is 22.5. The summed E-state index contributed by atoms with van der Waals surface area (Å²) in [7, 11) is 1.48. The van der Waals surface area contributed by atoms with Crippen molar-refractivity contribution >= 4 is 34.7 Å². The minimum absolute atomic E-state index is 0.133. The molecule has 1 aromatic heterocycles. The van der Waals surface area contributed by atoms with Crippen LogP contribution in [-0.2, 0) is 9.59 Å². The molecular weight excluding hydrogens is 446 g/mol. The van der Waals surface area contributed by atoms with E-state index in [-0.39, 0.29) is 16.2 Å². The van der Waals surface area contributed by atoms with E-state index in [1.165, 1.54) is 18.1 Å². The molecular formula is C25H22ClNO6. The predicted octanol–water partition coefficient (Wildman–Crippen LogP) is 5.28. The average Bonchev–Trinajstić information content (AvgIpc) is 3.35. The van der Waals surface area contributed by atoms with Gasteiger partial charge in [0.05, 0.1) is 24.3 Å². The van der Waals surface area contributed by atoms with E-state index in [1.54, 1.807) is 55.5 Å². The van der Waals surface area contributed by atoms with E-state index in [0.29, 0.717) is 35.3 Å². The fraction of sp³-hybridized carbons (Fsp3) is 0.200. The van der Waals surface area contributed by atoms with Crippen LogP contribution in [0.25, 0.3) is 5.76 Å². The zero-order valence-electron chi connectivity index (χ0n) is 18.3. The van der Waals surface area contributed by atoms with Crippen LogP contribution in [0.2, 0.25) is 5.02 Å². The molecule has 2 aromatic carbocycles. The van der Waals surface area contributed by atoms with Crippen molar-refractivity contribution < 1.29 is 28.6 Å². The van der Waals surface area contributed by atoms with Crippen LogP contribution in [0.3, 0.4) is 0 Å². The average molecular weight is 468 g/mol. The van der Waals surface area contributed by atoms with Crippen LogP contribution in [0.5, 0.6) is 11.5 Å². The molecule has 1 aliphatic heterocycles. The Morgan fingerprint density at radius 1 is 1.12 bits per heavy atom. The highest BCUT2D eigenvalue weighted by atomic mass is 35.5. The van der Waals surface area contributed by atoms with E-state index in [9.17, 15) is 14.7 Å². The quantitative estimate of drug-likeness (QED) is 0.301. The number of anilines is 1. The summed E-state index contributed by atoms with van der Waals surface area (Å²) in [5, 5.41) is 11.4. The number of furan rings is 1. The maximum absolute atomic E-state index is 13.2. The highest BCUT2D eigenvalue weighted by Crippen LogP contribution is 2.44. The number of carbonyl (C=O) groups is 2. The molecule has 1 saturated heterocycles. The second-order valence-electron chi connectivity index (χ2n) is 7.39. The third kappa shape index (κ3) is 4.07. The Bertz CT molecular complexity index is 1260. The molecule has 8 heteroatoms. The van der Waals surface area contributed by atoms with Crippen LogP contribution in [0, 0.1) is 6.92 Å². The highest BCUT2D eigenvalue weighted by Gasteiger charge is 2.48. The van der Waals surface area contributed by atoms with Crippen LogP contribution in [0.1, 0.15) is 30.0 Å². The van der Waals surface area contributed by atoms with Crippen molar-refractivity contribution in [2.75, 3.05) is 18.6 Å². The number of Topliss-reactive ketones (excluding diaryl/α,β-unsaturated/α-hetero) is 1. The third-order valence-electron chi connectivity index (χ3n) is 5.31. The minimum Gasteiger partial charge on any atom is -0.507 e. The second-order valence-corrected chi connectivity index (χ2v) is 7.80. The molecule has 170 valence electrons. The molecule has 7 nitrogen and oxygen atoms in total. The number of rotatable bonds is 6. The molecule has 3 aromatic rings. The molecule has 0 aliphatic carbocycles. The molecule has 33 heavy (non-hydrogen) atoms. The first-order valence-electron chi connectivity index (χ1n) is 10.3. The molecule has 0 bridgehead atoms. The normalized spacial score (nSPS) is 17.5. The number of aliphatic hydroxyl groups is 1. The number of hydrogen-bond donors (Lipinski definition) is 1. The van der Waals surface area contributed by atoms with Crippen molar-refractivity contribution in [2.45, 2.75) is 19.9 Å². The van der Waals surface area contributed by atoms with Gasteiger partial charge in [-0.1, -0.05) is 17.7 Å². The zero-order chi connectivity index (χ0) is 23.7. The smallest absolute Gasteiger partial charge is 0.300 e. The van der Waals surface area contributed by atoms with Gasteiger partial charge in [0.1, 0.15) is 34.8 Å². The first-order chi connectivity index (χ1) is 15.8. The van der Waals surface area contributed by atoms with Gasteiger partial charge in [-0.3, -0.25) is 14.5 Å². The molecule has 2 heterocycles. The number of nitrogens with zero attached hydrogens (tertiary/aromatic N) is 1. The number of aryl methyl sites for hydroxylation is 1. The molecule has 1 N–H and O–H groups in total. The van der Waals surface area contributed by atoms with Gasteiger partial charge in [-0.05, 0) is 56.3 Å². The second kappa shape index (κ2) is 9.03. The standard InChI is InChI=1S/C25H22ClNO6/c1-4-32-17-7-5-6-15(12-17)27-22(20-11-8-14(2)33-20)21(24(29)25(27)30)23(28)18-13-16(31-3)9-10-19(18)26/h5-13,22,28H,4H2,1-3H3/b23-21-. The number of methoxy groups -OCH3 is 1. The van der Waals surface area contributed by atoms with Crippen molar-refractivity contribution in [3.63, 3.8) is 0 Å². The molecule has 0 radical (unpaired) electrons. The molecule has 1 atom stereocenters. The van der Waals surface area contributed by atoms with Crippen molar-refractivity contribution in [3.05, 3.63) is 82.3 Å². The van der Waals surface area contributed by atoms with E-state index < -0.39 is 23.5 Å². The largest absolute Gasteiger partial charge is 0.507 e.